The lowest BCUT2D eigenvalue weighted by Crippen LogP contribution is -2.43. The van der Waals surface area contributed by atoms with E-state index in [1.807, 2.05) is 13.8 Å². The fourth-order valence-corrected chi connectivity index (χ4v) is 4.15. The van der Waals surface area contributed by atoms with Crippen LogP contribution in [0.25, 0.3) is 0 Å². The number of rotatable bonds is 7. The maximum atomic E-state index is 11.1. The van der Waals surface area contributed by atoms with Gasteiger partial charge in [0.05, 0.1) is 4.90 Å². The molecule has 1 aromatic carbocycles. The van der Waals surface area contributed by atoms with E-state index in [-0.39, 0.29) is 4.90 Å². The normalized spacial score (nSPS) is 11.7. The Morgan fingerprint density at radius 2 is 1.43 bits per heavy atom. The van der Waals surface area contributed by atoms with Gasteiger partial charge in [-0.15, -0.1) is 0 Å². The van der Waals surface area contributed by atoms with Crippen LogP contribution in [0.1, 0.15) is 19.4 Å². The summed E-state index contributed by atoms with van der Waals surface area (Å²) in [6.07, 6.45) is 0.671. The Bertz CT molecular complexity index is 492. The quantitative estimate of drug-likeness (QED) is 0.556. The van der Waals surface area contributed by atoms with Crippen LogP contribution in [-0.2, 0) is 28.7 Å². The largest absolute Gasteiger partial charge is 0.500 e. The molecular formula is C13H23ClO5SSi. The van der Waals surface area contributed by atoms with Crippen LogP contribution < -0.4 is 0 Å². The molecule has 8 heteroatoms. The number of benzene rings is 1. The minimum absolute atomic E-state index is 0.0895. The van der Waals surface area contributed by atoms with E-state index >= 15 is 0 Å². The third kappa shape index (κ3) is 6.46. The first-order valence-electron chi connectivity index (χ1n) is 6.56. The van der Waals surface area contributed by atoms with Gasteiger partial charge in [0, 0.05) is 38.1 Å². The highest BCUT2D eigenvalue weighted by Gasteiger charge is 2.37. The van der Waals surface area contributed by atoms with Crippen molar-refractivity contribution >= 4 is 28.5 Å². The summed E-state index contributed by atoms with van der Waals surface area (Å²) in [4.78, 5) is 0.0895. The lowest BCUT2D eigenvalue weighted by atomic mass is 10.2. The summed E-state index contributed by atoms with van der Waals surface area (Å²) < 4.78 is 38.2. The number of halogens is 1. The van der Waals surface area contributed by atoms with Crippen molar-refractivity contribution in [3.8, 4) is 0 Å². The van der Waals surface area contributed by atoms with E-state index in [1.165, 1.54) is 12.1 Å². The van der Waals surface area contributed by atoms with E-state index in [0.717, 1.165) is 5.56 Å². The highest BCUT2D eigenvalue weighted by Crippen LogP contribution is 2.19. The molecule has 0 radical (unpaired) electrons. The van der Waals surface area contributed by atoms with Crippen molar-refractivity contribution in [1.29, 1.82) is 0 Å². The lowest BCUT2D eigenvalue weighted by molar-refractivity contribution is 0.123. The first-order valence-corrected chi connectivity index (χ1v) is 10.8. The zero-order valence-electron chi connectivity index (χ0n) is 13.1. The Hall–Kier alpha value is -0.443. The first kappa shape index (κ1) is 20.6. The Morgan fingerprint density at radius 3 is 1.76 bits per heavy atom. The molecule has 0 aliphatic rings. The lowest BCUT2D eigenvalue weighted by Gasteiger charge is -2.24. The Morgan fingerprint density at radius 1 is 1.00 bits per heavy atom. The maximum absolute atomic E-state index is 11.1. The monoisotopic (exact) mass is 354 g/mol. The van der Waals surface area contributed by atoms with E-state index in [9.17, 15) is 8.42 Å². The smallest absolute Gasteiger partial charge is 0.377 e. The minimum atomic E-state index is -3.67. The molecule has 122 valence electrons. The van der Waals surface area contributed by atoms with Crippen molar-refractivity contribution in [3.63, 3.8) is 0 Å². The van der Waals surface area contributed by atoms with E-state index < -0.39 is 17.9 Å². The fraction of sp³-hybridized carbons (Fsp3) is 0.538. The summed E-state index contributed by atoms with van der Waals surface area (Å²) >= 11 is 0. The molecule has 0 bridgehead atoms. The topological polar surface area (TPSA) is 61.8 Å². The van der Waals surface area contributed by atoms with Gasteiger partial charge in [0.15, 0.2) is 0 Å². The zero-order valence-corrected chi connectivity index (χ0v) is 15.6. The Balaban J connectivity index is 0.00000191. The average Bonchev–Trinajstić information content (AvgIpc) is 2.51. The van der Waals surface area contributed by atoms with Gasteiger partial charge in [0.2, 0.25) is 0 Å². The molecule has 0 aromatic heterocycles. The van der Waals surface area contributed by atoms with E-state index in [1.54, 1.807) is 33.5 Å². The van der Waals surface area contributed by atoms with Crippen LogP contribution in [0, 0.1) is 0 Å². The summed E-state index contributed by atoms with van der Waals surface area (Å²) in [5.74, 6) is 0. The van der Waals surface area contributed by atoms with E-state index in [0.29, 0.717) is 12.5 Å². The van der Waals surface area contributed by atoms with Crippen LogP contribution in [0.5, 0.6) is 0 Å². The second-order valence-corrected chi connectivity index (χ2v) is 9.53. The minimum Gasteiger partial charge on any atom is -0.377 e. The number of hydrogen-bond donors (Lipinski definition) is 0. The molecule has 21 heavy (non-hydrogen) atoms. The van der Waals surface area contributed by atoms with Crippen LogP contribution in [0.2, 0.25) is 6.04 Å². The molecule has 0 spiro atoms. The molecule has 0 fully saturated rings. The molecule has 1 aromatic rings. The molecule has 0 saturated heterocycles. The van der Waals surface area contributed by atoms with Gasteiger partial charge in [-0.05, 0) is 24.1 Å². The van der Waals surface area contributed by atoms with Gasteiger partial charge in [-0.25, -0.2) is 8.42 Å². The van der Waals surface area contributed by atoms with Crippen LogP contribution >= 0.6 is 10.7 Å². The number of aryl methyl sites for hydroxylation is 1. The van der Waals surface area contributed by atoms with Gasteiger partial charge >= 0.3 is 8.80 Å². The third-order valence-corrected chi connectivity index (χ3v) is 6.96. The van der Waals surface area contributed by atoms with Crippen molar-refractivity contribution in [3.05, 3.63) is 29.8 Å². The fourth-order valence-electron chi connectivity index (χ4n) is 1.67. The summed E-state index contributed by atoms with van der Waals surface area (Å²) in [7, 11) is 3.66. The van der Waals surface area contributed by atoms with Gasteiger partial charge in [-0.1, -0.05) is 26.0 Å². The number of hydrogen-bond acceptors (Lipinski definition) is 5. The average molecular weight is 355 g/mol. The SMILES string of the molecule is CC.CO[Si](CCc1ccc(S(=O)(=O)Cl)cc1)(OC)OC. The molecule has 0 atom stereocenters. The first-order chi connectivity index (χ1) is 9.87. The predicted molar refractivity (Wildman–Crippen MR) is 86.1 cm³/mol. The van der Waals surface area contributed by atoms with Crippen molar-refractivity contribution < 1.29 is 21.7 Å². The molecule has 0 unspecified atom stereocenters. The van der Waals surface area contributed by atoms with Gasteiger partial charge in [-0.3, -0.25) is 0 Å². The summed E-state index contributed by atoms with van der Waals surface area (Å²) in [5, 5.41) is 0. The second kappa shape index (κ2) is 9.55. The van der Waals surface area contributed by atoms with Crippen LogP contribution in [0.3, 0.4) is 0 Å². The van der Waals surface area contributed by atoms with Crippen LogP contribution in [0.15, 0.2) is 29.2 Å². The summed E-state index contributed by atoms with van der Waals surface area (Å²) in [6, 6.07) is 7.01. The second-order valence-electron chi connectivity index (χ2n) is 3.88. The molecule has 0 aliphatic carbocycles. The van der Waals surface area contributed by atoms with Crippen LogP contribution in [0.4, 0.5) is 0 Å². The Labute approximate surface area is 133 Å². The van der Waals surface area contributed by atoms with Gasteiger partial charge in [-0.2, -0.15) is 0 Å². The van der Waals surface area contributed by atoms with Gasteiger partial charge in [0.25, 0.3) is 9.05 Å². The predicted octanol–water partition coefficient (Wildman–Crippen LogP) is 3.06. The van der Waals surface area contributed by atoms with Crippen molar-refractivity contribution in [2.45, 2.75) is 31.2 Å². The molecule has 0 amide bonds. The molecule has 0 N–H and O–H groups in total. The van der Waals surface area contributed by atoms with Crippen molar-refractivity contribution in [1.82, 2.24) is 0 Å². The molecular weight excluding hydrogens is 332 g/mol. The van der Waals surface area contributed by atoms with E-state index in [2.05, 4.69) is 0 Å². The summed E-state index contributed by atoms with van der Waals surface area (Å²) in [6.45, 7) is 4.00. The maximum Gasteiger partial charge on any atom is 0.500 e. The van der Waals surface area contributed by atoms with Crippen LogP contribution in [-0.4, -0.2) is 38.6 Å². The van der Waals surface area contributed by atoms with Crippen molar-refractivity contribution in [2.24, 2.45) is 0 Å². The Kier molecular flexibility index (Phi) is 9.35. The van der Waals surface area contributed by atoms with E-state index in [4.69, 9.17) is 24.0 Å². The zero-order chi connectivity index (χ0) is 16.5. The highest BCUT2D eigenvalue weighted by molar-refractivity contribution is 8.13. The third-order valence-electron chi connectivity index (χ3n) is 2.86. The molecule has 1 rings (SSSR count). The molecule has 0 aliphatic heterocycles. The van der Waals surface area contributed by atoms with Crippen molar-refractivity contribution in [2.75, 3.05) is 21.3 Å². The summed E-state index contributed by atoms with van der Waals surface area (Å²) in [5.41, 5.74) is 0.965. The molecule has 0 heterocycles. The standard InChI is InChI=1S/C11H17ClO5SSi.C2H6/c1-15-19(16-2,17-3)9-8-10-4-6-11(7-5-10)18(12,13)14;1-2/h4-7H,8-9H2,1-3H3;1-2H3. The molecule has 5 nitrogen and oxygen atoms in total. The van der Waals surface area contributed by atoms with Gasteiger partial charge < -0.3 is 13.3 Å². The van der Waals surface area contributed by atoms with Gasteiger partial charge in [0.1, 0.15) is 0 Å². The molecule has 0 saturated carbocycles. The highest BCUT2D eigenvalue weighted by atomic mass is 35.7.